The zero-order valence-corrected chi connectivity index (χ0v) is 15.3. The Morgan fingerprint density at radius 2 is 2.30 bits per heavy atom. The Morgan fingerprint density at radius 3 is 3.00 bits per heavy atom. The zero-order chi connectivity index (χ0) is 19.0. The molecule has 4 heterocycles. The second-order valence-corrected chi connectivity index (χ2v) is 7.08. The summed E-state index contributed by atoms with van der Waals surface area (Å²) in [5.74, 6) is -0.674. The number of aromatic carboxylic acids is 1. The molecule has 140 valence electrons. The minimum absolute atomic E-state index is 0.0105. The van der Waals surface area contributed by atoms with E-state index in [1.54, 1.807) is 18.7 Å². The van der Waals surface area contributed by atoms with Gasteiger partial charge < -0.3 is 14.7 Å². The van der Waals surface area contributed by atoms with E-state index in [9.17, 15) is 14.7 Å². The summed E-state index contributed by atoms with van der Waals surface area (Å²) in [6.07, 6.45) is 6.41. The number of pyridine rings is 1. The number of ether oxygens (including phenoxy) is 1. The van der Waals surface area contributed by atoms with Crippen LogP contribution in [-0.2, 0) is 4.74 Å². The van der Waals surface area contributed by atoms with E-state index in [1.165, 1.54) is 28.3 Å². The Kier molecular flexibility index (Phi) is 4.58. The van der Waals surface area contributed by atoms with Gasteiger partial charge in [0, 0.05) is 31.4 Å². The molecule has 27 heavy (non-hydrogen) atoms. The van der Waals surface area contributed by atoms with Gasteiger partial charge in [-0.25, -0.2) is 19.7 Å². The fraction of sp³-hybridized carbons (Fsp3) is 0.353. The number of nitrogens with zero attached hydrogens (tertiary/aromatic N) is 5. The highest BCUT2D eigenvalue weighted by molar-refractivity contribution is 7.12. The van der Waals surface area contributed by atoms with Crippen molar-refractivity contribution in [2.24, 2.45) is 0 Å². The summed E-state index contributed by atoms with van der Waals surface area (Å²) >= 11 is 1.32. The summed E-state index contributed by atoms with van der Waals surface area (Å²) in [6.45, 7) is 1.40. The monoisotopic (exact) mass is 387 g/mol. The fourth-order valence-electron chi connectivity index (χ4n) is 3.35. The summed E-state index contributed by atoms with van der Waals surface area (Å²) < 4.78 is 6.81. The second kappa shape index (κ2) is 7.05. The Bertz CT molecular complexity index is 1050. The van der Waals surface area contributed by atoms with Gasteiger partial charge in [0.1, 0.15) is 11.4 Å². The van der Waals surface area contributed by atoms with E-state index in [4.69, 9.17) is 4.74 Å². The Morgan fingerprint density at radius 1 is 1.44 bits per heavy atom. The van der Waals surface area contributed by atoms with Crippen molar-refractivity contribution in [1.29, 1.82) is 0 Å². The van der Waals surface area contributed by atoms with E-state index in [1.807, 2.05) is 0 Å². The first-order chi connectivity index (χ1) is 13.1. The van der Waals surface area contributed by atoms with Crippen molar-refractivity contribution >= 4 is 34.3 Å². The van der Waals surface area contributed by atoms with Crippen molar-refractivity contribution < 1.29 is 14.6 Å². The van der Waals surface area contributed by atoms with Gasteiger partial charge in [0.15, 0.2) is 16.3 Å². The van der Waals surface area contributed by atoms with Crippen molar-refractivity contribution in [3.05, 3.63) is 39.8 Å². The quantitative estimate of drug-likeness (QED) is 0.702. The molecule has 1 aliphatic rings. The van der Waals surface area contributed by atoms with Crippen LogP contribution >= 0.6 is 11.3 Å². The molecular weight excluding hydrogens is 370 g/mol. The van der Waals surface area contributed by atoms with Crippen molar-refractivity contribution in [2.75, 3.05) is 25.2 Å². The molecule has 1 aliphatic heterocycles. The number of thiazole rings is 1. The SMILES string of the molecule is COCC1CCCN1c1cnc2c(=O)c(C(=O)O)cn(-c3nccs3)c2n1. The second-order valence-electron chi connectivity index (χ2n) is 6.21. The lowest BCUT2D eigenvalue weighted by Crippen LogP contribution is -2.33. The maximum Gasteiger partial charge on any atom is 0.341 e. The van der Waals surface area contributed by atoms with Crippen LogP contribution in [0.3, 0.4) is 0 Å². The van der Waals surface area contributed by atoms with Gasteiger partial charge in [-0.15, -0.1) is 11.3 Å². The smallest absolute Gasteiger partial charge is 0.341 e. The van der Waals surface area contributed by atoms with Crippen LogP contribution in [0.2, 0.25) is 0 Å². The van der Waals surface area contributed by atoms with Crippen LogP contribution in [0.15, 0.2) is 28.8 Å². The lowest BCUT2D eigenvalue weighted by atomic mass is 10.2. The van der Waals surface area contributed by atoms with Crippen LogP contribution in [0.1, 0.15) is 23.2 Å². The minimum Gasteiger partial charge on any atom is -0.477 e. The molecule has 1 fully saturated rings. The topological polar surface area (TPSA) is 110 Å². The van der Waals surface area contributed by atoms with E-state index in [0.717, 1.165) is 19.4 Å². The molecule has 1 saturated heterocycles. The first-order valence-electron chi connectivity index (χ1n) is 8.41. The average molecular weight is 387 g/mol. The largest absolute Gasteiger partial charge is 0.477 e. The van der Waals surface area contributed by atoms with Crippen molar-refractivity contribution in [1.82, 2.24) is 19.5 Å². The standard InChI is InChI=1S/C17H17N5O4S/c1-26-9-10-3-2-5-21(10)12-7-19-13-14(23)11(16(24)25)8-22(15(13)20-12)17-18-4-6-27-17/h4,6-8,10H,2-3,5,9H2,1H3,(H,24,25). The molecule has 1 N–H and O–H groups in total. The normalized spacial score (nSPS) is 16.9. The van der Waals surface area contributed by atoms with Gasteiger partial charge in [-0.2, -0.15) is 0 Å². The van der Waals surface area contributed by atoms with Gasteiger partial charge in [0.05, 0.1) is 18.8 Å². The third-order valence-corrected chi connectivity index (χ3v) is 5.34. The first-order valence-corrected chi connectivity index (χ1v) is 9.29. The molecule has 1 atom stereocenters. The van der Waals surface area contributed by atoms with Crippen LogP contribution in [0, 0.1) is 0 Å². The van der Waals surface area contributed by atoms with Crippen molar-refractivity contribution in [3.63, 3.8) is 0 Å². The number of aromatic nitrogens is 4. The van der Waals surface area contributed by atoms with Crippen LogP contribution in [0.25, 0.3) is 16.3 Å². The summed E-state index contributed by atoms with van der Waals surface area (Å²) in [7, 11) is 1.66. The molecule has 0 aliphatic carbocycles. The number of carboxylic acids is 1. The maximum atomic E-state index is 12.5. The van der Waals surface area contributed by atoms with Gasteiger partial charge in [0.25, 0.3) is 0 Å². The number of hydrogen-bond acceptors (Lipinski definition) is 8. The highest BCUT2D eigenvalue weighted by atomic mass is 32.1. The van der Waals surface area contributed by atoms with Crippen molar-refractivity contribution in [2.45, 2.75) is 18.9 Å². The number of rotatable bonds is 5. The molecule has 0 bridgehead atoms. The first kappa shape index (κ1) is 17.6. The summed E-state index contributed by atoms with van der Waals surface area (Å²) in [5.41, 5.74) is -0.714. The lowest BCUT2D eigenvalue weighted by Gasteiger charge is -2.25. The maximum absolute atomic E-state index is 12.5. The molecule has 4 rings (SSSR count). The molecule has 0 spiro atoms. The van der Waals surface area contributed by atoms with E-state index in [2.05, 4.69) is 19.9 Å². The van der Waals surface area contributed by atoms with Crippen LogP contribution in [0.5, 0.6) is 0 Å². The molecule has 0 aromatic carbocycles. The Balaban J connectivity index is 1.92. The van der Waals surface area contributed by atoms with E-state index < -0.39 is 11.4 Å². The van der Waals surface area contributed by atoms with E-state index in [0.29, 0.717) is 23.2 Å². The van der Waals surface area contributed by atoms with Gasteiger partial charge in [0.2, 0.25) is 5.43 Å². The van der Waals surface area contributed by atoms with Crippen molar-refractivity contribution in [3.8, 4) is 5.13 Å². The van der Waals surface area contributed by atoms with Gasteiger partial charge in [-0.05, 0) is 12.8 Å². The van der Waals surface area contributed by atoms with Gasteiger partial charge in [-0.1, -0.05) is 0 Å². The molecule has 0 saturated carbocycles. The Hall–Kier alpha value is -2.85. The molecule has 3 aromatic rings. The average Bonchev–Trinajstić information content (AvgIpc) is 3.34. The van der Waals surface area contributed by atoms with Crippen LogP contribution in [-0.4, -0.2) is 56.9 Å². The predicted molar refractivity (Wildman–Crippen MR) is 100 cm³/mol. The molecule has 9 nitrogen and oxygen atoms in total. The highest BCUT2D eigenvalue weighted by Crippen LogP contribution is 2.25. The molecular formula is C17H17N5O4S. The summed E-state index contributed by atoms with van der Waals surface area (Å²) in [4.78, 5) is 39.3. The number of anilines is 1. The van der Waals surface area contributed by atoms with Crippen LogP contribution < -0.4 is 10.3 Å². The molecule has 0 radical (unpaired) electrons. The molecule has 3 aromatic heterocycles. The lowest BCUT2D eigenvalue weighted by molar-refractivity contribution is 0.0695. The molecule has 0 amide bonds. The van der Waals surface area contributed by atoms with Gasteiger partial charge in [-0.3, -0.25) is 9.36 Å². The summed E-state index contributed by atoms with van der Waals surface area (Å²) in [5, 5.41) is 11.7. The van der Waals surface area contributed by atoms with E-state index >= 15 is 0 Å². The third kappa shape index (κ3) is 3.06. The predicted octanol–water partition coefficient (Wildman–Crippen LogP) is 1.55. The zero-order valence-electron chi connectivity index (χ0n) is 14.5. The summed E-state index contributed by atoms with van der Waals surface area (Å²) in [6, 6.07) is 0.195. The number of carboxylic acid groups (broad SMARTS) is 1. The number of hydrogen-bond donors (Lipinski definition) is 1. The highest BCUT2D eigenvalue weighted by Gasteiger charge is 2.27. The fourth-order valence-corrected chi connectivity index (χ4v) is 3.97. The number of methoxy groups -OCH3 is 1. The molecule has 10 heteroatoms. The number of carbonyl (C=O) groups is 1. The van der Waals surface area contributed by atoms with Gasteiger partial charge >= 0.3 is 5.97 Å². The van der Waals surface area contributed by atoms with Crippen LogP contribution in [0.4, 0.5) is 5.82 Å². The molecule has 1 unspecified atom stereocenters. The number of fused-ring (bicyclic) bond motifs is 1. The Labute approximate surface area is 157 Å². The third-order valence-electron chi connectivity index (χ3n) is 4.57. The van der Waals surface area contributed by atoms with E-state index in [-0.39, 0.29) is 17.1 Å². The minimum atomic E-state index is -1.31.